The average Bonchev–Trinajstić information content (AvgIpc) is 2.18. The Morgan fingerprint density at radius 1 is 1.47 bits per heavy atom. The van der Waals surface area contributed by atoms with Crippen LogP contribution in [0.4, 0.5) is 0 Å². The van der Waals surface area contributed by atoms with Gasteiger partial charge in [-0.2, -0.15) is 0 Å². The third-order valence-electron chi connectivity index (χ3n) is 2.04. The molecule has 0 saturated heterocycles. The lowest BCUT2D eigenvalue weighted by Crippen LogP contribution is -2.35. The summed E-state index contributed by atoms with van der Waals surface area (Å²) in [6, 6.07) is 4.26. The average molecular weight is 209 g/mol. The predicted octanol–water partition coefficient (Wildman–Crippen LogP) is -1.22. The van der Waals surface area contributed by atoms with Crippen molar-refractivity contribution < 1.29 is 19.9 Å². The van der Waals surface area contributed by atoms with Crippen LogP contribution in [-0.4, -0.2) is 35.3 Å². The van der Waals surface area contributed by atoms with Gasteiger partial charge >= 0.3 is 13.1 Å². The highest BCUT2D eigenvalue weighted by Crippen LogP contribution is 2.03. The van der Waals surface area contributed by atoms with Crippen LogP contribution in [0.5, 0.6) is 0 Å². The van der Waals surface area contributed by atoms with Crippen LogP contribution in [0.3, 0.4) is 0 Å². The van der Waals surface area contributed by atoms with Crippen molar-refractivity contribution in [2.24, 2.45) is 0 Å². The van der Waals surface area contributed by atoms with Crippen LogP contribution in [0.25, 0.3) is 0 Å². The van der Waals surface area contributed by atoms with Crippen LogP contribution in [0, 0.1) is 0 Å². The molecule has 4 N–H and O–H groups in total. The van der Waals surface area contributed by atoms with E-state index in [1.165, 1.54) is 12.1 Å². The lowest BCUT2D eigenvalue weighted by molar-refractivity contribution is 0.0697. The Kier molecular flexibility index (Phi) is 3.84. The Labute approximate surface area is 87.5 Å². The minimum absolute atomic E-state index is 0.0398. The van der Waals surface area contributed by atoms with Crippen molar-refractivity contribution in [3.63, 3.8) is 0 Å². The molecule has 0 aliphatic carbocycles. The topological polar surface area (TPSA) is 89.8 Å². The number of hydrogen-bond acceptors (Lipinski definition) is 4. The molecule has 1 aromatic carbocycles. The summed E-state index contributed by atoms with van der Waals surface area (Å²) < 4.78 is 0. The number of carboxylic acids is 1. The molecule has 6 heteroatoms. The second kappa shape index (κ2) is 4.93. The van der Waals surface area contributed by atoms with Gasteiger partial charge in [-0.15, -0.1) is 0 Å². The van der Waals surface area contributed by atoms with Crippen LogP contribution >= 0.6 is 0 Å². The number of rotatable bonds is 4. The standard InChI is InChI=1S/C9H12BNO4/c1-11-5-7-3-2-6(9(12)13)4-8(7)10(14)15/h2-4,11,14-15H,5H2,1H3,(H,12,13). The zero-order chi connectivity index (χ0) is 11.4. The van der Waals surface area contributed by atoms with Gasteiger partial charge in [-0.25, -0.2) is 4.79 Å². The molecule has 0 spiro atoms. The van der Waals surface area contributed by atoms with Gasteiger partial charge in [0, 0.05) is 6.54 Å². The van der Waals surface area contributed by atoms with E-state index in [1.54, 1.807) is 13.1 Å². The van der Waals surface area contributed by atoms with Crippen molar-refractivity contribution in [3.05, 3.63) is 29.3 Å². The summed E-state index contributed by atoms with van der Waals surface area (Å²) >= 11 is 0. The number of carboxylic acid groups (broad SMARTS) is 1. The van der Waals surface area contributed by atoms with E-state index >= 15 is 0 Å². The van der Waals surface area contributed by atoms with Gasteiger partial charge in [0.2, 0.25) is 0 Å². The Balaban J connectivity index is 3.14. The van der Waals surface area contributed by atoms with Crippen molar-refractivity contribution in [3.8, 4) is 0 Å². The normalized spacial score (nSPS) is 10.1. The van der Waals surface area contributed by atoms with E-state index in [0.717, 1.165) is 0 Å². The molecule has 0 amide bonds. The summed E-state index contributed by atoms with van der Waals surface area (Å²) in [5.41, 5.74) is 0.916. The molecular weight excluding hydrogens is 197 g/mol. The van der Waals surface area contributed by atoms with Crippen molar-refractivity contribution in [2.75, 3.05) is 7.05 Å². The van der Waals surface area contributed by atoms with Crippen LogP contribution in [0.1, 0.15) is 15.9 Å². The first-order chi connectivity index (χ1) is 7.06. The number of hydrogen-bond donors (Lipinski definition) is 4. The minimum Gasteiger partial charge on any atom is -0.478 e. The molecule has 0 bridgehead atoms. The van der Waals surface area contributed by atoms with E-state index in [-0.39, 0.29) is 11.0 Å². The molecule has 1 aromatic rings. The van der Waals surface area contributed by atoms with E-state index in [2.05, 4.69) is 5.32 Å². The highest BCUT2D eigenvalue weighted by Gasteiger charge is 2.17. The summed E-state index contributed by atoms with van der Waals surface area (Å²) in [6.45, 7) is 0.451. The van der Waals surface area contributed by atoms with Crippen molar-refractivity contribution in [1.82, 2.24) is 5.32 Å². The Hall–Kier alpha value is -1.37. The number of benzene rings is 1. The maximum absolute atomic E-state index is 10.7. The van der Waals surface area contributed by atoms with Gasteiger partial charge in [0.25, 0.3) is 0 Å². The zero-order valence-electron chi connectivity index (χ0n) is 8.27. The van der Waals surface area contributed by atoms with E-state index < -0.39 is 13.1 Å². The van der Waals surface area contributed by atoms with E-state index in [9.17, 15) is 4.79 Å². The van der Waals surface area contributed by atoms with Crippen LogP contribution in [0.15, 0.2) is 18.2 Å². The zero-order valence-corrected chi connectivity index (χ0v) is 8.27. The first-order valence-electron chi connectivity index (χ1n) is 4.43. The molecule has 0 unspecified atom stereocenters. The lowest BCUT2D eigenvalue weighted by Gasteiger charge is -2.09. The van der Waals surface area contributed by atoms with Gasteiger partial charge in [0.1, 0.15) is 0 Å². The second-order valence-corrected chi connectivity index (χ2v) is 3.12. The Bertz CT molecular complexity index is 367. The van der Waals surface area contributed by atoms with Gasteiger partial charge < -0.3 is 20.5 Å². The molecule has 0 aromatic heterocycles. The van der Waals surface area contributed by atoms with Crippen LogP contribution in [-0.2, 0) is 6.54 Å². The third kappa shape index (κ3) is 2.79. The molecule has 80 valence electrons. The number of aromatic carboxylic acids is 1. The van der Waals surface area contributed by atoms with E-state index in [1.807, 2.05) is 0 Å². The van der Waals surface area contributed by atoms with E-state index in [0.29, 0.717) is 12.1 Å². The summed E-state index contributed by atoms with van der Waals surface area (Å²) in [6.07, 6.45) is 0. The summed E-state index contributed by atoms with van der Waals surface area (Å²) in [5, 5.41) is 29.7. The fraction of sp³-hybridized carbons (Fsp3) is 0.222. The number of carbonyl (C=O) groups is 1. The fourth-order valence-corrected chi connectivity index (χ4v) is 1.32. The second-order valence-electron chi connectivity index (χ2n) is 3.12. The molecule has 5 nitrogen and oxygen atoms in total. The molecule has 0 atom stereocenters. The maximum Gasteiger partial charge on any atom is 0.488 e. The van der Waals surface area contributed by atoms with Crippen LogP contribution < -0.4 is 10.8 Å². The quantitative estimate of drug-likeness (QED) is 0.467. The van der Waals surface area contributed by atoms with Crippen LogP contribution in [0.2, 0.25) is 0 Å². The first kappa shape index (κ1) is 11.7. The summed E-state index contributed by atoms with van der Waals surface area (Å²) in [5.74, 6) is -1.09. The molecule has 0 radical (unpaired) electrons. The fourth-order valence-electron chi connectivity index (χ4n) is 1.32. The SMILES string of the molecule is CNCc1ccc(C(=O)O)cc1B(O)O. The van der Waals surface area contributed by atoms with Crippen molar-refractivity contribution in [2.45, 2.75) is 6.54 Å². The first-order valence-corrected chi connectivity index (χ1v) is 4.43. The predicted molar refractivity (Wildman–Crippen MR) is 56.0 cm³/mol. The Morgan fingerprint density at radius 3 is 2.60 bits per heavy atom. The molecule has 0 aliphatic heterocycles. The highest BCUT2D eigenvalue weighted by atomic mass is 16.4. The largest absolute Gasteiger partial charge is 0.488 e. The minimum atomic E-state index is -1.66. The molecule has 0 fully saturated rings. The molecule has 1 rings (SSSR count). The van der Waals surface area contributed by atoms with Gasteiger partial charge in [-0.05, 0) is 30.2 Å². The summed E-state index contributed by atoms with van der Waals surface area (Å²) in [7, 11) is 0.0613. The smallest absolute Gasteiger partial charge is 0.478 e. The van der Waals surface area contributed by atoms with Gasteiger partial charge in [-0.1, -0.05) is 6.07 Å². The molecular formula is C9H12BNO4. The van der Waals surface area contributed by atoms with Crippen molar-refractivity contribution in [1.29, 1.82) is 0 Å². The molecule has 15 heavy (non-hydrogen) atoms. The Morgan fingerprint density at radius 2 is 2.13 bits per heavy atom. The molecule has 0 heterocycles. The highest BCUT2D eigenvalue weighted by molar-refractivity contribution is 6.59. The summed E-state index contributed by atoms with van der Waals surface area (Å²) in [4.78, 5) is 10.7. The third-order valence-corrected chi connectivity index (χ3v) is 2.04. The van der Waals surface area contributed by atoms with Gasteiger partial charge in [-0.3, -0.25) is 0 Å². The van der Waals surface area contributed by atoms with Crippen molar-refractivity contribution >= 4 is 18.6 Å². The maximum atomic E-state index is 10.7. The van der Waals surface area contributed by atoms with E-state index in [4.69, 9.17) is 15.2 Å². The monoisotopic (exact) mass is 209 g/mol. The lowest BCUT2D eigenvalue weighted by atomic mass is 9.76. The molecule has 0 aliphatic rings. The molecule has 0 saturated carbocycles. The van der Waals surface area contributed by atoms with Gasteiger partial charge in [0.05, 0.1) is 5.56 Å². The van der Waals surface area contributed by atoms with Gasteiger partial charge in [0.15, 0.2) is 0 Å². The number of nitrogens with one attached hydrogen (secondary N) is 1.